The van der Waals surface area contributed by atoms with Crippen LogP contribution in [-0.2, 0) is 16.2 Å². The summed E-state index contributed by atoms with van der Waals surface area (Å²) in [5, 5.41) is 0.333. The summed E-state index contributed by atoms with van der Waals surface area (Å²) in [6.45, 7) is 4.45. The van der Waals surface area contributed by atoms with Crippen molar-refractivity contribution in [2.75, 3.05) is 9.80 Å². The highest BCUT2D eigenvalue weighted by atomic mass is 35.5. The summed E-state index contributed by atoms with van der Waals surface area (Å²) in [4.78, 5) is 42.5. The summed E-state index contributed by atoms with van der Waals surface area (Å²) >= 11 is 6.52. The number of amides is 4. The van der Waals surface area contributed by atoms with Gasteiger partial charge in [0.2, 0.25) is 0 Å². The lowest BCUT2D eigenvalue weighted by Crippen LogP contribution is -2.57. The number of ether oxygens (including phenoxy) is 1. The Bertz CT molecular complexity index is 1540. The molecule has 1 saturated heterocycles. The maximum absolute atomic E-state index is 13.5. The first-order valence-electron chi connectivity index (χ1n) is 12.4. The second kappa shape index (κ2) is 11.0. The lowest BCUT2D eigenvalue weighted by atomic mass is 10.0. The molecule has 0 saturated carbocycles. The molecule has 4 aromatic rings. The highest BCUT2D eigenvalue weighted by molar-refractivity contribution is 6.46. The van der Waals surface area contributed by atoms with E-state index >= 15 is 0 Å². The van der Waals surface area contributed by atoms with Gasteiger partial charge in [-0.15, -0.1) is 0 Å². The summed E-state index contributed by atoms with van der Waals surface area (Å²) in [5.41, 5.74) is 4.48. The normalized spacial score (nSPS) is 13.6. The van der Waals surface area contributed by atoms with E-state index in [-0.39, 0.29) is 5.57 Å². The van der Waals surface area contributed by atoms with E-state index in [4.69, 9.17) is 16.3 Å². The first-order chi connectivity index (χ1) is 18.8. The van der Waals surface area contributed by atoms with Gasteiger partial charge in [-0.1, -0.05) is 72.3 Å². The standard InChI is InChI=1S/C32H25ClN2O4/c1-21-13-14-24(17-22(21)2)20-39-29-16-15-23(19-28(29)33)18-27-30(36)34(25-9-5-3-6-10-25)32(38)35(31(27)37)26-11-7-4-8-12-26/h3-19H,20H2,1-2H3. The third-order valence-electron chi connectivity index (χ3n) is 6.51. The van der Waals surface area contributed by atoms with Crippen LogP contribution < -0.4 is 14.5 Å². The van der Waals surface area contributed by atoms with E-state index in [0.29, 0.717) is 34.3 Å². The third kappa shape index (κ3) is 5.33. The highest BCUT2D eigenvalue weighted by Crippen LogP contribution is 2.31. The van der Waals surface area contributed by atoms with Crippen LogP contribution in [0.2, 0.25) is 5.02 Å². The van der Waals surface area contributed by atoms with Crippen molar-refractivity contribution in [3.8, 4) is 5.75 Å². The average Bonchev–Trinajstić information content (AvgIpc) is 2.94. The van der Waals surface area contributed by atoms with Crippen LogP contribution in [0.3, 0.4) is 0 Å². The monoisotopic (exact) mass is 536 g/mol. The molecule has 4 aromatic carbocycles. The van der Waals surface area contributed by atoms with Gasteiger partial charge in [-0.2, -0.15) is 0 Å². The van der Waals surface area contributed by atoms with E-state index in [0.717, 1.165) is 15.4 Å². The molecule has 0 aliphatic carbocycles. The second-order valence-corrected chi connectivity index (χ2v) is 9.60. The van der Waals surface area contributed by atoms with Crippen LogP contribution in [0.4, 0.5) is 16.2 Å². The molecule has 1 aliphatic heterocycles. The van der Waals surface area contributed by atoms with Gasteiger partial charge in [0.1, 0.15) is 17.9 Å². The molecule has 7 heteroatoms. The molecule has 1 aliphatic rings. The smallest absolute Gasteiger partial charge is 0.343 e. The van der Waals surface area contributed by atoms with Crippen LogP contribution in [0.1, 0.15) is 22.3 Å². The molecule has 6 nitrogen and oxygen atoms in total. The minimum atomic E-state index is -0.743. The highest BCUT2D eigenvalue weighted by Gasteiger charge is 2.43. The van der Waals surface area contributed by atoms with Gasteiger partial charge in [0, 0.05) is 0 Å². The maximum atomic E-state index is 13.5. The van der Waals surface area contributed by atoms with Crippen molar-refractivity contribution in [3.05, 3.63) is 130 Å². The number of para-hydroxylation sites is 2. The van der Waals surface area contributed by atoms with Gasteiger partial charge in [0.15, 0.2) is 0 Å². The van der Waals surface area contributed by atoms with E-state index in [1.165, 1.54) is 17.2 Å². The summed E-state index contributed by atoms with van der Waals surface area (Å²) in [6.07, 6.45) is 1.45. The Kier molecular flexibility index (Phi) is 7.30. The zero-order valence-electron chi connectivity index (χ0n) is 21.4. The summed E-state index contributed by atoms with van der Waals surface area (Å²) < 4.78 is 5.92. The Morgan fingerprint density at radius 1 is 0.718 bits per heavy atom. The fourth-order valence-corrected chi connectivity index (χ4v) is 4.53. The Balaban J connectivity index is 1.47. The molecule has 0 N–H and O–H groups in total. The number of imide groups is 2. The molecule has 0 unspecified atom stereocenters. The zero-order valence-corrected chi connectivity index (χ0v) is 22.2. The van der Waals surface area contributed by atoms with Crippen LogP contribution in [-0.4, -0.2) is 17.8 Å². The Hall–Kier alpha value is -4.68. The molecule has 4 amide bonds. The number of hydrogen-bond donors (Lipinski definition) is 0. The van der Waals surface area contributed by atoms with Crippen molar-refractivity contribution in [2.24, 2.45) is 0 Å². The van der Waals surface area contributed by atoms with E-state index < -0.39 is 17.8 Å². The first-order valence-corrected chi connectivity index (χ1v) is 12.7. The largest absolute Gasteiger partial charge is 0.487 e. The molecule has 0 bridgehead atoms. The van der Waals surface area contributed by atoms with Crippen molar-refractivity contribution in [1.82, 2.24) is 0 Å². The molecular weight excluding hydrogens is 512 g/mol. The van der Waals surface area contributed by atoms with E-state index in [2.05, 4.69) is 13.0 Å². The van der Waals surface area contributed by atoms with Crippen LogP contribution in [0.15, 0.2) is 103 Å². The van der Waals surface area contributed by atoms with Gasteiger partial charge >= 0.3 is 6.03 Å². The van der Waals surface area contributed by atoms with Crippen LogP contribution in [0.5, 0.6) is 5.75 Å². The molecule has 0 atom stereocenters. The number of barbiturate groups is 1. The number of rotatable bonds is 6. The quantitative estimate of drug-likeness (QED) is 0.194. The first kappa shape index (κ1) is 25.9. The van der Waals surface area contributed by atoms with Crippen molar-refractivity contribution >= 4 is 46.9 Å². The van der Waals surface area contributed by atoms with E-state index in [9.17, 15) is 14.4 Å². The summed E-state index contributed by atoms with van der Waals surface area (Å²) in [6, 6.07) is 27.4. The second-order valence-electron chi connectivity index (χ2n) is 9.19. The van der Waals surface area contributed by atoms with Crippen LogP contribution in [0.25, 0.3) is 6.08 Å². The average molecular weight is 537 g/mol. The SMILES string of the molecule is Cc1ccc(COc2ccc(C=C3C(=O)N(c4ccccc4)C(=O)N(c4ccccc4)C3=O)cc2Cl)cc1C. The number of urea groups is 1. The van der Waals surface area contributed by atoms with E-state index in [1.54, 1.807) is 78.9 Å². The lowest BCUT2D eigenvalue weighted by Gasteiger charge is -2.33. The third-order valence-corrected chi connectivity index (χ3v) is 6.81. The van der Waals surface area contributed by atoms with Gasteiger partial charge in [-0.3, -0.25) is 9.59 Å². The van der Waals surface area contributed by atoms with Gasteiger partial charge in [0.25, 0.3) is 11.8 Å². The molecule has 0 aromatic heterocycles. The van der Waals surface area contributed by atoms with Gasteiger partial charge in [-0.05, 0) is 78.6 Å². The topological polar surface area (TPSA) is 66.9 Å². The van der Waals surface area contributed by atoms with Gasteiger partial charge < -0.3 is 4.74 Å². The van der Waals surface area contributed by atoms with Gasteiger partial charge in [0.05, 0.1) is 16.4 Å². The number of carbonyl (C=O) groups excluding carboxylic acids is 3. The zero-order chi connectivity index (χ0) is 27.5. The predicted molar refractivity (Wildman–Crippen MR) is 153 cm³/mol. The number of benzene rings is 4. The Morgan fingerprint density at radius 3 is 1.85 bits per heavy atom. The van der Waals surface area contributed by atoms with Crippen molar-refractivity contribution in [3.63, 3.8) is 0 Å². The molecule has 0 spiro atoms. The number of hydrogen-bond acceptors (Lipinski definition) is 4. The summed E-state index contributed by atoms with van der Waals surface area (Å²) in [7, 11) is 0. The Labute approximate surface area is 231 Å². The van der Waals surface area contributed by atoms with Crippen LogP contribution in [0, 0.1) is 13.8 Å². The van der Waals surface area contributed by atoms with Crippen molar-refractivity contribution < 1.29 is 19.1 Å². The number of carbonyl (C=O) groups is 3. The minimum absolute atomic E-state index is 0.165. The van der Waals surface area contributed by atoms with Crippen molar-refractivity contribution in [2.45, 2.75) is 20.5 Å². The Morgan fingerprint density at radius 2 is 1.31 bits per heavy atom. The molecule has 1 heterocycles. The fraction of sp³-hybridized carbons (Fsp3) is 0.0938. The van der Waals surface area contributed by atoms with Gasteiger partial charge in [-0.25, -0.2) is 14.6 Å². The number of anilines is 2. The summed E-state index contributed by atoms with van der Waals surface area (Å²) in [5.74, 6) is -0.950. The lowest BCUT2D eigenvalue weighted by molar-refractivity contribution is -0.121. The van der Waals surface area contributed by atoms with Crippen LogP contribution >= 0.6 is 11.6 Å². The number of aryl methyl sites for hydroxylation is 2. The molecule has 5 rings (SSSR count). The van der Waals surface area contributed by atoms with Crippen molar-refractivity contribution in [1.29, 1.82) is 0 Å². The van der Waals surface area contributed by atoms with E-state index in [1.807, 2.05) is 19.1 Å². The minimum Gasteiger partial charge on any atom is -0.487 e. The molecule has 39 heavy (non-hydrogen) atoms. The maximum Gasteiger partial charge on any atom is 0.343 e. The number of halogens is 1. The number of nitrogens with zero attached hydrogens (tertiary/aromatic N) is 2. The molecule has 194 valence electrons. The predicted octanol–water partition coefficient (Wildman–Crippen LogP) is 7.12. The molecule has 1 fully saturated rings. The fourth-order valence-electron chi connectivity index (χ4n) is 4.28. The molecular formula is C32H25ClN2O4. The molecule has 0 radical (unpaired) electrons.